The molecule has 0 spiro atoms. The van der Waals surface area contributed by atoms with E-state index in [-0.39, 0.29) is 27.8 Å². The number of rotatable bonds is 4. The first-order chi connectivity index (χ1) is 14.3. The van der Waals surface area contributed by atoms with E-state index in [1.165, 1.54) is 34.9 Å². The van der Waals surface area contributed by atoms with Crippen molar-refractivity contribution in [3.8, 4) is 5.75 Å². The standard InChI is InChI=1S/C21H18F2N3O3P/c22-13-7-8-16-14(11-13)19(27)18(21(28)26(16)10-9-12-5-6-12)20-24-15-3-1-2-4-17(15)30(23,29)25-20/h1-4,7-8,11-12,27H,5-6,9-10H2,(H,24,25,29). The summed E-state index contributed by atoms with van der Waals surface area (Å²) in [5, 5.41) is 13.6. The van der Waals surface area contributed by atoms with E-state index >= 15 is 0 Å². The first-order valence-corrected chi connectivity index (χ1v) is 11.2. The Morgan fingerprint density at radius 3 is 2.77 bits per heavy atom. The smallest absolute Gasteiger partial charge is 0.384 e. The maximum Gasteiger partial charge on any atom is 0.384 e. The van der Waals surface area contributed by atoms with Gasteiger partial charge < -0.3 is 15.0 Å². The fraction of sp³-hybridized carbons (Fsp3) is 0.238. The molecule has 9 heteroatoms. The fourth-order valence-electron chi connectivity index (χ4n) is 3.83. The van der Waals surface area contributed by atoms with Gasteiger partial charge in [0, 0.05) is 11.9 Å². The number of pyridine rings is 1. The van der Waals surface area contributed by atoms with Crippen molar-refractivity contribution >= 4 is 35.3 Å². The number of fused-ring (bicyclic) bond motifs is 2. The Hall–Kier alpha value is -2.99. The second-order valence-corrected chi connectivity index (χ2v) is 9.35. The van der Waals surface area contributed by atoms with Crippen LogP contribution >= 0.6 is 7.60 Å². The molecule has 5 rings (SSSR count). The molecule has 2 heterocycles. The average molecular weight is 429 g/mol. The topological polar surface area (TPSA) is 83.7 Å². The van der Waals surface area contributed by atoms with Gasteiger partial charge in [0.25, 0.3) is 5.56 Å². The minimum atomic E-state index is -4.65. The van der Waals surface area contributed by atoms with Gasteiger partial charge in [-0.2, -0.15) is 8.96 Å². The van der Waals surface area contributed by atoms with Crippen LogP contribution in [-0.2, 0) is 11.1 Å². The molecule has 0 amide bonds. The predicted molar refractivity (Wildman–Crippen MR) is 112 cm³/mol. The maximum absolute atomic E-state index is 14.9. The lowest BCUT2D eigenvalue weighted by Gasteiger charge is -2.22. The third-order valence-corrected chi connectivity index (χ3v) is 7.02. The average Bonchev–Trinajstić information content (AvgIpc) is 3.52. The highest BCUT2D eigenvalue weighted by Gasteiger charge is 2.34. The Kier molecular flexibility index (Phi) is 4.29. The van der Waals surface area contributed by atoms with Crippen molar-refractivity contribution in [3.63, 3.8) is 0 Å². The van der Waals surface area contributed by atoms with Gasteiger partial charge in [-0.25, -0.2) is 4.39 Å². The summed E-state index contributed by atoms with van der Waals surface area (Å²) in [7, 11) is -4.65. The van der Waals surface area contributed by atoms with E-state index in [0.29, 0.717) is 18.0 Å². The molecule has 1 aliphatic heterocycles. The Morgan fingerprint density at radius 2 is 2.00 bits per heavy atom. The lowest BCUT2D eigenvalue weighted by atomic mass is 10.1. The molecular weight excluding hydrogens is 411 g/mol. The maximum atomic E-state index is 14.9. The van der Waals surface area contributed by atoms with E-state index in [1.807, 2.05) is 0 Å². The molecule has 0 saturated heterocycles. The molecule has 0 radical (unpaired) electrons. The molecular formula is C21H18F2N3O3P. The molecule has 1 saturated carbocycles. The summed E-state index contributed by atoms with van der Waals surface area (Å²) < 4.78 is 46.4. The number of aromatic nitrogens is 1. The summed E-state index contributed by atoms with van der Waals surface area (Å²) in [6.45, 7) is 0.371. The third-order valence-electron chi connectivity index (χ3n) is 5.58. The Morgan fingerprint density at radius 1 is 1.23 bits per heavy atom. The van der Waals surface area contributed by atoms with Crippen molar-refractivity contribution in [2.45, 2.75) is 25.8 Å². The van der Waals surface area contributed by atoms with Gasteiger partial charge in [-0.3, -0.25) is 9.36 Å². The van der Waals surface area contributed by atoms with Gasteiger partial charge >= 0.3 is 7.60 Å². The summed E-state index contributed by atoms with van der Waals surface area (Å²) in [5.74, 6) is -0.903. The normalized spacial score (nSPS) is 20.5. The number of nitrogens with zero attached hydrogens (tertiary/aromatic N) is 2. The van der Waals surface area contributed by atoms with Gasteiger partial charge in [-0.15, -0.1) is 0 Å². The van der Waals surface area contributed by atoms with Crippen LogP contribution in [0.4, 0.5) is 14.3 Å². The number of aromatic hydroxyl groups is 1. The molecule has 30 heavy (non-hydrogen) atoms. The van der Waals surface area contributed by atoms with E-state index in [9.17, 15) is 23.1 Å². The molecule has 2 aromatic carbocycles. The van der Waals surface area contributed by atoms with Crippen LogP contribution in [0.3, 0.4) is 0 Å². The number of amidine groups is 1. The largest absolute Gasteiger partial charge is 0.506 e. The quantitative estimate of drug-likeness (QED) is 0.606. The Bertz CT molecular complexity index is 1330. The number of para-hydroxylation sites is 1. The zero-order valence-electron chi connectivity index (χ0n) is 15.8. The number of nitrogens with one attached hydrogen (secondary N) is 1. The summed E-state index contributed by atoms with van der Waals surface area (Å²) in [6, 6.07) is 9.80. The first-order valence-electron chi connectivity index (χ1n) is 9.67. The predicted octanol–water partition coefficient (Wildman–Crippen LogP) is 4.31. The SMILES string of the molecule is O=c1c(C2=NP(=O)(F)c3ccccc3N2)c(O)c2cc(F)ccc2n1CCC1CC1. The molecule has 0 bridgehead atoms. The number of anilines is 1. The van der Waals surface area contributed by atoms with Gasteiger partial charge in [0.15, 0.2) is 5.84 Å². The number of aryl methyl sites for hydroxylation is 1. The molecule has 1 unspecified atom stereocenters. The highest BCUT2D eigenvalue weighted by atomic mass is 31.2. The van der Waals surface area contributed by atoms with Crippen LogP contribution in [0.15, 0.2) is 52.0 Å². The molecule has 2 N–H and O–H groups in total. The lowest BCUT2D eigenvalue weighted by Crippen LogP contribution is -2.33. The molecule has 154 valence electrons. The molecule has 2 aliphatic rings. The second-order valence-electron chi connectivity index (χ2n) is 7.67. The monoisotopic (exact) mass is 429 g/mol. The number of hydrogen-bond acceptors (Lipinski definition) is 4. The van der Waals surface area contributed by atoms with Crippen molar-refractivity contribution in [3.05, 3.63) is 64.2 Å². The van der Waals surface area contributed by atoms with Crippen molar-refractivity contribution in [2.75, 3.05) is 5.32 Å². The zero-order valence-corrected chi connectivity index (χ0v) is 16.7. The van der Waals surface area contributed by atoms with Gasteiger partial charge in [0.2, 0.25) is 0 Å². The lowest BCUT2D eigenvalue weighted by molar-refractivity contribution is 0.476. The van der Waals surface area contributed by atoms with Crippen molar-refractivity contribution in [1.82, 2.24) is 4.57 Å². The number of halogens is 2. The van der Waals surface area contributed by atoms with Crippen molar-refractivity contribution in [2.24, 2.45) is 10.7 Å². The van der Waals surface area contributed by atoms with Gasteiger partial charge in [-0.1, -0.05) is 25.0 Å². The van der Waals surface area contributed by atoms with E-state index < -0.39 is 24.7 Å². The summed E-state index contributed by atoms with van der Waals surface area (Å²) >= 11 is 0. The second kappa shape index (κ2) is 6.77. The highest BCUT2D eigenvalue weighted by Crippen LogP contribution is 2.52. The van der Waals surface area contributed by atoms with Gasteiger partial charge in [0.05, 0.1) is 16.5 Å². The molecule has 6 nitrogen and oxygen atoms in total. The van der Waals surface area contributed by atoms with Gasteiger partial charge in [0.1, 0.15) is 17.1 Å². The van der Waals surface area contributed by atoms with Crippen LogP contribution in [0.25, 0.3) is 10.9 Å². The molecule has 1 fully saturated rings. The van der Waals surface area contributed by atoms with Crippen LogP contribution < -0.4 is 16.2 Å². The molecule has 3 aromatic rings. The number of benzene rings is 2. The minimum absolute atomic E-state index is 0.103. The Labute approximate surface area is 170 Å². The van der Waals surface area contributed by atoms with Crippen LogP contribution in [0.5, 0.6) is 5.75 Å². The van der Waals surface area contributed by atoms with Crippen molar-refractivity contribution < 1.29 is 18.3 Å². The minimum Gasteiger partial charge on any atom is -0.506 e. The van der Waals surface area contributed by atoms with Gasteiger partial charge in [-0.05, 0) is 42.7 Å². The van der Waals surface area contributed by atoms with Crippen molar-refractivity contribution in [1.29, 1.82) is 0 Å². The Balaban J connectivity index is 1.74. The van der Waals surface area contributed by atoms with E-state index in [2.05, 4.69) is 10.1 Å². The molecule has 1 atom stereocenters. The summed E-state index contributed by atoms with van der Waals surface area (Å²) in [6.07, 6.45) is 2.96. The molecule has 1 aliphatic carbocycles. The van der Waals surface area contributed by atoms with Crippen LogP contribution in [-0.4, -0.2) is 15.5 Å². The van der Waals surface area contributed by atoms with Crippen LogP contribution in [0.2, 0.25) is 0 Å². The fourth-order valence-corrected chi connectivity index (χ4v) is 5.05. The summed E-state index contributed by atoms with van der Waals surface area (Å²) in [5.41, 5.74) is -0.339. The van der Waals surface area contributed by atoms with E-state index in [1.54, 1.807) is 6.07 Å². The summed E-state index contributed by atoms with van der Waals surface area (Å²) in [4.78, 5) is 13.3. The molecule has 1 aromatic heterocycles. The van der Waals surface area contributed by atoms with E-state index in [0.717, 1.165) is 25.3 Å². The van der Waals surface area contributed by atoms with Crippen LogP contribution in [0.1, 0.15) is 24.8 Å². The van der Waals surface area contributed by atoms with E-state index in [4.69, 9.17) is 0 Å². The zero-order chi connectivity index (χ0) is 21.0. The third kappa shape index (κ3) is 3.12. The highest BCUT2D eigenvalue weighted by molar-refractivity contribution is 7.66. The van der Waals surface area contributed by atoms with Crippen LogP contribution in [0, 0.1) is 11.7 Å². The number of hydrogen-bond donors (Lipinski definition) is 2. The first kappa shape index (κ1) is 19.0.